The highest BCUT2D eigenvalue weighted by Gasteiger charge is 2.38. The first-order valence-corrected chi connectivity index (χ1v) is 33.2. The van der Waals surface area contributed by atoms with Crippen LogP contribution in [0, 0.1) is 11.8 Å². The summed E-state index contributed by atoms with van der Waals surface area (Å²) in [5.74, 6) is 2.67. The number of rotatable bonds is 17. The molecular weight excluding hydrogens is 1010 g/mol. The third-order valence-electron chi connectivity index (χ3n) is 16.0. The number of aromatic nitrogens is 8. The quantitative estimate of drug-likeness (QED) is 0.0621. The van der Waals surface area contributed by atoms with Gasteiger partial charge >= 0.3 is 0 Å². The van der Waals surface area contributed by atoms with E-state index in [1.807, 2.05) is 76.7 Å². The standard InChI is InChI=1S/C30H41N5O3Si.C30H39N5O3Si/c2*1-22(36)23-14-18-34(19-15-23)28-29(37)35(26-12-10-24(11-13-26)27-31-16-8-17-32-27)21-25(33-28)9-7-20-38-39(5,6)30(2,3)4/h8,10-13,16-17,21,23H,7,9,14-15,18-20H2,1-6H3;7-13,16-17,21,23H,14-15,18-20H2,1-6H3/b;9-7+. The number of hydrogen-bond donors (Lipinski definition) is 0. The second-order valence-electron chi connectivity index (χ2n) is 23.6. The van der Waals surface area contributed by atoms with Crippen LogP contribution in [0.4, 0.5) is 11.6 Å². The molecule has 8 rings (SSSR count). The van der Waals surface area contributed by atoms with Gasteiger partial charge in [-0.15, -0.1) is 0 Å². The summed E-state index contributed by atoms with van der Waals surface area (Å²) in [5.41, 5.74) is 4.44. The first-order valence-electron chi connectivity index (χ1n) is 27.4. The van der Waals surface area contributed by atoms with E-state index in [0.717, 1.165) is 60.3 Å². The average molecular weight is 1090 g/mol. The molecule has 2 aliphatic rings. The van der Waals surface area contributed by atoms with Gasteiger partial charge in [0.25, 0.3) is 11.1 Å². The molecular formula is C60H80N10O6Si2. The molecule has 0 N–H and O–H groups in total. The third-order valence-corrected chi connectivity index (χ3v) is 25.0. The number of nitrogens with zero attached hydrogens (tertiary/aromatic N) is 10. The zero-order valence-electron chi connectivity index (χ0n) is 48.0. The monoisotopic (exact) mass is 1090 g/mol. The maximum Gasteiger partial charge on any atom is 0.298 e. The van der Waals surface area contributed by atoms with Crippen LogP contribution in [0.3, 0.4) is 0 Å². The molecule has 0 radical (unpaired) electrons. The van der Waals surface area contributed by atoms with Gasteiger partial charge in [0.1, 0.15) is 11.6 Å². The van der Waals surface area contributed by atoms with Gasteiger partial charge in [0.05, 0.1) is 18.0 Å². The van der Waals surface area contributed by atoms with E-state index < -0.39 is 16.6 Å². The minimum absolute atomic E-state index is 0.0480. The molecule has 0 atom stereocenters. The number of carbonyl (C=O) groups excluding carboxylic acids is 2. The van der Waals surface area contributed by atoms with Crippen molar-refractivity contribution in [3.8, 4) is 34.2 Å². The summed E-state index contributed by atoms with van der Waals surface area (Å²) in [6.07, 6.45) is 18.8. The fourth-order valence-electron chi connectivity index (χ4n) is 8.90. The highest BCUT2D eigenvalue weighted by Crippen LogP contribution is 2.37. The smallest absolute Gasteiger partial charge is 0.298 e. The predicted octanol–water partition coefficient (Wildman–Crippen LogP) is 11.0. The van der Waals surface area contributed by atoms with Gasteiger partial charge in [-0.1, -0.05) is 47.6 Å². The molecule has 6 aromatic rings. The van der Waals surface area contributed by atoms with E-state index in [1.54, 1.807) is 66.1 Å². The fraction of sp³-hybridized carbons (Fsp3) is 0.467. The second kappa shape index (κ2) is 25.5. The molecule has 6 heterocycles. The largest absolute Gasteiger partial charge is 0.417 e. The summed E-state index contributed by atoms with van der Waals surface area (Å²) in [4.78, 5) is 82.1. The molecule has 2 saturated heterocycles. The molecule has 414 valence electrons. The lowest BCUT2D eigenvalue weighted by molar-refractivity contribution is -0.122. The van der Waals surface area contributed by atoms with Crippen LogP contribution in [0.2, 0.25) is 36.3 Å². The van der Waals surface area contributed by atoms with Gasteiger partial charge in [-0.2, -0.15) is 0 Å². The molecule has 2 aromatic carbocycles. The molecule has 16 nitrogen and oxygen atoms in total. The van der Waals surface area contributed by atoms with Crippen LogP contribution in [-0.2, 0) is 24.9 Å². The normalized spacial score (nSPS) is 15.1. The van der Waals surface area contributed by atoms with Gasteiger partial charge in [-0.05, 0) is 155 Å². The number of benzene rings is 2. The maximum atomic E-state index is 13.7. The maximum absolute atomic E-state index is 13.7. The Hall–Kier alpha value is -6.61. The number of hydrogen-bond acceptors (Lipinski definition) is 14. The van der Waals surface area contributed by atoms with Crippen molar-refractivity contribution in [2.45, 2.75) is 130 Å². The average Bonchev–Trinajstić information content (AvgIpc) is 3.42. The molecule has 2 fully saturated rings. The number of anilines is 2. The molecule has 78 heavy (non-hydrogen) atoms. The SMILES string of the molecule is CC(=O)C1CCN(c2nc(/C=C/CO[Si](C)(C)C(C)(C)C)cn(-c3ccc(-c4ncccn4)cc3)c2=O)CC1.CC(=O)C1CCN(c2nc(CCCO[Si](C)(C)C(C)(C)C)cn(-c3ccc(-c4ncccn4)cc3)c2=O)CC1. The third kappa shape index (κ3) is 14.9. The van der Waals surface area contributed by atoms with E-state index in [2.05, 4.69) is 87.7 Å². The summed E-state index contributed by atoms with van der Waals surface area (Å²) in [6, 6.07) is 18.9. The van der Waals surface area contributed by atoms with Gasteiger partial charge in [-0.3, -0.25) is 28.3 Å². The van der Waals surface area contributed by atoms with Crippen molar-refractivity contribution >= 4 is 45.9 Å². The van der Waals surface area contributed by atoms with Crippen LogP contribution in [-0.4, -0.2) is 107 Å². The zero-order chi connectivity index (χ0) is 56.4. The lowest BCUT2D eigenvalue weighted by atomic mass is 9.93. The van der Waals surface area contributed by atoms with E-state index in [1.165, 1.54) is 0 Å². The van der Waals surface area contributed by atoms with Crippen LogP contribution < -0.4 is 20.9 Å². The summed E-state index contributed by atoms with van der Waals surface area (Å²) < 4.78 is 16.0. The van der Waals surface area contributed by atoms with Crippen LogP contribution >= 0.6 is 0 Å². The highest BCUT2D eigenvalue weighted by molar-refractivity contribution is 6.74. The van der Waals surface area contributed by atoms with Crippen molar-refractivity contribution in [3.05, 3.63) is 136 Å². The number of aryl methyl sites for hydroxylation is 1. The van der Waals surface area contributed by atoms with Crippen molar-refractivity contribution in [1.82, 2.24) is 39.0 Å². The Morgan fingerprint density at radius 1 is 0.603 bits per heavy atom. The lowest BCUT2D eigenvalue weighted by Gasteiger charge is -2.36. The zero-order valence-corrected chi connectivity index (χ0v) is 50.0. The summed E-state index contributed by atoms with van der Waals surface area (Å²) in [7, 11) is -3.70. The Kier molecular flexibility index (Phi) is 19.3. The highest BCUT2D eigenvalue weighted by atomic mass is 28.4. The Morgan fingerprint density at radius 2 is 1.01 bits per heavy atom. The van der Waals surface area contributed by atoms with Crippen molar-refractivity contribution in [2.75, 3.05) is 49.2 Å². The Bertz CT molecular complexity index is 3120. The van der Waals surface area contributed by atoms with Gasteiger partial charge in [0.2, 0.25) is 0 Å². The fourth-order valence-corrected chi connectivity index (χ4v) is 10.9. The van der Waals surface area contributed by atoms with Crippen LogP contribution in [0.15, 0.2) is 114 Å². The lowest BCUT2D eigenvalue weighted by Crippen LogP contribution is -2.41. The Labute approximate surface area is 462 Å². The summed E-state index contributed by atoms with van der Waals surface area (Å²) in [5, 5.41) is 0.289. The van der Waals surface area contributed by atoms with E-state index in [4.69, 9.17) is 18.8 Å². The molecule has 2 aliphatic heterocycles. The Balaban J connectivity index is 0.000000226. The van der Waals surface area contributed by atoms with Crippen LogP contribution in [0.25, 0.3) is 40.2 Å². The van der Waals surface area contributed by atoms with E-state index >= 15 is 0 Å². The summed E-state index contributed by atoms with van der Waals surface area (Å²) >= 11 is 0. The van der Waals surface area contributed by atoms with Gasteiger partial charge in [-0.25, -0.2) is 29.9 Å². The van der Waals surface area contributed by atoms with Crippen molar-refractivity contribution in [3.63, 3.8) is 0 Å². The van der Waals surface area contributed by atoms with Crippen molar-refractivity contribution in [1.29, 1.82) is 0 Å². The number of carbonyl (C=O) groups is 2. The number of Topliss-reactive ketones (excluding diaryl/α,β-unsaturated/α-hetero) is 2. The molecule has 0 amide bonds. The molecule has 0 unspecified atom stereocenters. The molecule has 18 heteroatoms. The first kappa shape index (κ1) is 59.1. The topological polar surface area (TPSA) is 180 Å². The van der Waals surface area contributed by atoms with E-state index in [9.17, 15) is 19.2 Å². The predicted molar refractivity (Wildman–Crippen MR) is 317 cm³/mol. The van der Waals surface area contributed by atoms with Gasteiger partial charge < -0.3 is 18.7 Å². The van der Waals surface area contributed by atoms with Gasteiger partial charge in [0, 0.05) is 104 Å². The van der Waals surface area contributed by atoms with E-state index in [0.29, 0.717) is 74.8 Å². The molecule has 4 aromatic heterocycles. The van der Waals surface area contributed by atoms with Crippen LogP contribution in [0.5, 0.6) is 0 Å². The minimum Gasteiger partial charge on any atom is -0.417 e. The van der Waals surface area contributed by atoms with Gasteiger partial charge in [0.15, 0.2) is 39.9 Å². The first-order chi connectivity index (χ1) is 36.9. The minimum atomic E-state index is -1.88. The molecule has 0 saturated carbocycles. The van der Waals surface area contributed by atoms with Crippen molar-refractivity contribution in [2.24, 2.45) is 11.8 Å². The van der Waals surface area contributed by atoms with Crippen molar-refractivity contribution < 1.29 is 18.4 Å². The second-order valence-corrected chi connectivity index (χ2v) is 33.2. The molecule has 0 spiro atoms. The number of ketones is 2. The molecule has 0 bridgehead atoms. The molecule has 0 aliphatic carbocycles. The summed E-state index contributed by atoms with van der Waals surface area (Å²) in [6.45, 7) is 29.4. The Morgan fingerprint density at radius 3 is 1.44 bits per heavy atom. The van der Waals surface area contributed by atoms with Crippen LogP contribution in [0.1, 0.15) is 98.9 Å². The van der Waals surface area contributed by atoms with E-state index in [-0.39, 0.29) is 44.6 Å². The number of piperidine rings is 2.